The summed E-state index contributed by atoms with van der Waals surface area (Å²) in [7, 11) is 0. The molecule has 1 amide bonds. The fourth-order valence-electron chi connectivity index (χ4n) is 4.68. The van der Waals surface area contributed by atoms with Gasteiger partial charge >= 0.3 is 5.97 Å². The number of carbonyl (C=O) groups is 3. The maximum atomic E-state index is 13.9. The lowest BCUT2D eigenvalue weighted by Crippen LogP contribution is -2.51. The number of nitrogens with zero attached hydrogens (tertiary/aromatic N) is 1. The van der Waals surface area contributed by atoms with Crippen LogP contribution in [-0.2, 0) is 9.59 Å². The van der Waals surface area contributed by atoms with Crippen molar-refractivity contribution in [3.05, 3.63) is 87.9 Å². The topological polar surface area (TPSA) is 95.9 Å². The average Bonchev–Trinajstić information content (AvgIpc) is 2.89. The number of Topliss-reactive ketones (excluding diaryl/α,β-unsaturated/α-hetero) is 1. The van der Waals surface area contributed by atoms with Crippen LogP contribution in [0.25, 0.3) is 0 Å². The quantitative estimate of drug-likeness (QED) is 0.283. The number of ketones is 1. The number of carboxylic acids is 1. The first kappa shape index (κ1) is 28.5. The molecule has 1 heterocycles. The van der Waals surface area contributed by atoms with Crippen molar-refractivity contribution in [2.75, 3.05) is 16.8 Å². The molecule has 7 nitrogen and oxygen atoms in total. The number of carbonyl (C=O) groups excluding carboxylic acids is 2. The Bertz CT molecular complexity index is 1410. The van der Waals surface area contributed by atoms with Gasteiger partial charge in [0.15, 0.2) is 5.78 Å². The summed E-state index contributed by atoms with van der Waals surface area (Å²) >= 11 is 12.4. The van der Waals surface area contributed by atoms with E-state index in [1.54, 1.807) is 73.3 Å². The van der Waals surface area contributed by atoms with Gasteiger partial charge < -0.3 is 20.1 Å². The van der Waals surface area contributed by atoms with Crippen molar-refractivity contribution in [1.29, 1.82) is 0 Å². The zero-order valence-electron chi connectivity index (χ0n) is 22.1. The molecule has 1 aliphatic rings. The lowest BCUT2D eigenvalue weighted by molar-refractivity contribution is -0.148. The molecule has 0 aromatic heterocycles. The number of ether oxygens (including phenoxy) is 1. The Morgan fingerprint density at radius 2 is 1.64 bits per heavy atom. The average molecular weight is 569 g/mol. The SMILES string of the molecule is CC(=O)N(c1ccc(Cl)cc1)[C@@H]1CC(C)(C(=O)c2ccc(OCC(C)(C)C(=O)O)cc2)Nc2ccc(Cl)cc21. The van der Waals surface area contributed by atoms with E-state index in [1.807, 2.05) is 19.1 Å². The van der Waals surface area contributed by atoms with E-state index in [0.29, 0.717) is 32.7 Å². The van der Waals surface area contributed by atoms with E-state index < -0.39 is 23.0 Å². The highest BCUT2D eigenvalue weighted by molar-refractivity contribution is 6.31. The number of fused-ring (bicyclic) bond motifs is 1. The van der Waals surface area contributed by atoms with Crippen molar-refractivity contribution >= 4 is 52.2 Å². The molecule has 39 heavy (non-hydrogen) atoms. The summed E-state index contributed by atoms with van der Waals surface area (Å²) in [5.41, 5.74) is 0.521. The minimum Gasteiger partial charge on any atom is -0.492 e. The maximum absolute atomic E-state index is 13.9. The number of halogens is 2. The summed E-state index contributed by atoms with van der Waals surface area (Å²) in [6.07, 6.45) is 0.284. The summed E-state index contributed by atoms with van der Waals surface area (Å²) < 4.78 is 5.65. The molecule has 0 aliphatic carbocycles. The molecule has 3 aromatic carbocycles. The zero-order chi connectivity index (χ0) is 28.5. The Hall–Kier alpha value is -3.55. The molecular formula is C30H30Cl2N2O5. The molecule has 1 unspecified atom stereocenters. The van der Waals surface area contributed by atoms with E-state index in [1.165, 1.54) is 6.92 Å². The van der Waals surface area contributed by atoms with Crippen molar-refractivity contribution in [2.45, 2.75) is 45.7 Å². The fraction of sp³-hybridized carbons (Fsp3) is 0.300. The first-order chi connectivity index (χ1) is 18.3. The second-order valence-corrected chi connectivity index (χ2v) is 11.5. The molecule has 0 spiro atoms. The molecule has 0 fully saturated rings. The first-order valence-electron chi connectivity index (χ1n) is 12.4. The maximum Gasteiger partial charge on any atom is 0.312 e. The normalized spacial score (nSPS) is 18.5. The van der Waals surface area contributed by atoms with Crippen LogP contribution in [0.1, 0.15) is 56.1 Å². The van der Waals surface area contributed by atoms with Crippen LogP contribution in [0.2, 0.25) is 10.0 Å². The molecule has 3 aromatic rings. The number of nitrogens with one attached hydrogen (secondary N) is 1. The van der Waals surface area contributed by atoms with Gasteiger partial charge in [0.25, 0.3) is 0 Å². The molecule has 1 aliphatic heterocycles. The summed E-state index contributed by atoms with van der Waals surface area (Å²) in [5.74, 6) is -0.841. The Kier molecular flexibility index (Phi) is 7.96. The molecule has 0 saturated heterocycles. The van der Waals surface area contributed by atoms with E-state index in [-0.39, 0.29) is 24.7 Å². The summed E-state index contributed by atoms with van der Waals surface area (Å²) in [5, 5.41) is 13.8. The molecule has 204 valence electrons. The van der Waals surface area contributed by atoms with E-state index in [2.05, 4.69) is 5.32 Å². The third-order valence-electron chi connectivity index (χ3n) is 6.94. The Labute approximate surface area is 237 Å². The third-order valence-corrected chi connectivity index (χ3v) is 7.42. The lowest BCUT2D eigenvalue weighted by Gasteiger charge is -2.44. The predicted molar refractivity (Wildman–Crippen MR) is 153 cm³/mol. The summed E-state index contributed by atoms with van der Waals surface area (Å²) in [6.45, 7) is 6.46. The summed E-state index contributed by atoms with van der Waals surface area (Å²) in [6, 6.07) is 18.5. The Morgan fingerprint density at radius 3 is 2.23 bits per heavy atom. The molecule has 0 radical (unpaired) electrons. The number of hydrogen-bond donors (Lipinski definition) is 2. The van der Waals surface area contributed by atoms with Gasteiger partial charge in [0.1, 0.15) is 17.9 Å². The van der Waals surface area contributed by atoms with Crippen molar-refractivity contribution in [1.82, 2.24) is 0 Å². The predicted octanol–water partition coefficient (Wildman–Crippen LogP) is 7.03. The molecule has 0 bridgehead atoms. The van der Waals surface area contributed by atoms with Crippen molar-refractivity contribution < 1.29 is 24.2 Å². The number of aliphatic carboxylic acids is 1. The van der Waals surface area contributed by atoms with Crippen molar-refractivity contribution in [3.63, 3.8) is 0 Å². The molecule has 2 N–H and O–H groups in total. The molecule has 9 heteroatoms. The lowest BCUT2D eigenvalue weighted by atomic mass is 9.78. The van der Waals surface area contributed by atoms with Gasteiger partial charge in [-0.1, -0.05) is 23.2 Å². The number of benzene rings is 3. The fourth-order valence-corrected chi connectivity index (χ4v) is 4.98. The molecule has 4 rings (SSSR count). The highest BCUT2D eigenvalue weighted by Gasteiger charge is 2.44. The van der Waals surface area contributed by atoms with Crippen LogP contribution in [0.5, 0.6) is 5.75 Å². The van der Waals surface area contributed by atoms with Gasteiger partial charge in [-0.05, 0) is 93.1 Å². The number of hydrogen-bond acceptors (Lipinski definition) is 5. The van der Waals surface area contributed by atoms with E-state index in [9.17, 15) is 19.5 Å². The van der Waals surface area contributed by atoms with Crippen LogP contribution >= 0.6 is 23.2 Å². The number of anilines is 2. The molecular weight excluding hydrogens is 539 g/mol. The van der Waals surface area contributed by atoms with Crippen LogP contribution in [0.3, 0.4) is 0 Å². The van der Waals surface area contributed by atoms with Gasteiger partial charge in [0.05, 0.1) is 11.5 Å². The van der Waals surface area contributed by atoms with Gasteiger partial charge in [-0.25, -0.2) is 0 Å². The van der Waals surface area contributed by atoms with Crippen LogP contribution in [0, 0.1) is 5.41 Å². The monoisotopic (exact) mass is 568 g/mol. The third kappa shape index (κ3) is 6.05. The molecule has 0 saturated carbocycles. The van der Waals surface area contributed by atoms with Gasteiger partial charge in [0, 0.05) is 40.3 Å². The minimum absolute atomic E-state index is 0.0124. The highest BCUT2D eigenvalue weighted by atomic mass is 35.5. The smallest absolute Gasteiger partial charge is 0.312 e. The van der Waals surface area contributed by atoms with Crippen LogP contribution in [0.4, 0.5) is 11.4 Å². The van der Waals surface area contributed by atoms with Crippen LogP contribution in [0.15, 0.2) is 66.7 Å². The Morgan fingerprint density at radius 1 is 1.03 bits per heavy atom. The standard InChI is InChI=1S/C30H30Cl2N2O5/c1-18(35)34(22-10-7-20(31)8-11-22)26-16-30(4,33-25-14-9-21(32)15-24(25)26)27(36)19-5-12-23(13-6-19)39-17-29(2,3)28(37)38/h5-15,26,33H,16-17H2,1-4H3,(H,37,38)/t26-,30?/m1/s1. The van der Waals surface area contributed by atoms with Gasteiger partial charge in [0.2, 0.25) is 5.91 Å². The largest absolute Gasteiger partial charge is 0.492 e. The Balaban J connectivity index is 1.66. The highest BCUT2D eigenvalue weighted by Crippen LogP contribution is 2.45. The molecule has 2 atom stereocenters. The van der Waals surface area contributed by atoms with E-state index >= 15 is 0 Å². The van der Waals surface area contributed by atoms with Crippen molar-refractivity contribution in [2.24, 2.45) is 5.41 Å². The van der Waals surface area contributed by atoms with Gasteiger partial charge in [-0.2, -0.15) is 0 Å². The van der Waals surface area contributed by atoms with Crippen LogP contribution < -0.4 is 15.0 Å². The minimum atomic E-state index is -1.06. The second kappa shape index (κ2) is 10.9. The van der Waals surface area contributed by atoms with Gasteiger partial charge in [-0.3, -0.25) is 14.4 Å². The van der Waals surface area contributed by atoms with Gasteiger partial charge in [-0.15, -0.1) is 0 Å². The first-order valence-corrected chi connectivity index (χ1v) is 13.2. The number of amides is 1. The number of rotatable bonds is 8. The number of carboxylic acid groups (broad SMARTS) is 1. The summed E-state index contributed by atoms with van der Waals surface area (Å²) in [4.78, 5) is 39.9. The second-order valence-electron chi connectivity index (χ2n) is 10.6. The van der Waals surface area contributed by atoms with Crippen molar-refractivity contribution in [3.8, 4) is 5.75 Å². The van der Waals surface area contributed by atoms with E-state index in [4.69, 9.17) is 27.9 Å². The van der Waals surface area contributed by atoms with Crippen LogP contribution in [-0.4, -0.2) is 34.9 Å². The zero-order valence-corrected chi connectivity index (χ0v) is 23.6. The van der Waals surface area contributed by atoms with E-state index in [0.717, 1.165) is 5.56 Å².